The topological polar surface area (TPSA) is 27.1 Å². The first-order chi connectivity index (χ1) is 3.95. The molecule has 0 aliphatic heterocycles. The molecular formula is C4H7F3N2. The summed E-state index contributed by atoms with van der Waals surface area (Å²) >= 11 is 0. The molecule has 0 aromatic heterocycles. The predicted octanol–water partition coefficient (Wildman–Crippen LogP) is 1.09. The molecule has 54 valence electrons. The second-order valence-corrected chi connectivity index (χ2v) is 1.66. The first-order valence-corrected chi connectivity index (χ1v) is 2.23. The van der Waals surface area contributed by atoms with Crippen LogP contribution in [0.25, 0.3) is 0 Å². The van der Waals surface area contributed by atoms with Crippen LogP contribution in [0.15, 0.2) is 0 Å². The van der Waals surface area contributed by atoms with Crippen LogP contribution in [-0.2, 0) is 0 Å². The predicted molar refractivity (Wildman–Crippen MR) is 27.5 cm³/mol. The van der Waals surface area contributed by atoms with E-state index in [0.29, 0.717) is 6.34 Å². The fraction of sp³-hybridized carbons (Fsp3) is 0.750. The van der Waals surface area contributed by atoms with Gasteiger partial charge in [-0.15, -0.1) is 0 Å². The van der Waals surface area contributed by atoms with Crippen molar-refractivity contribution in [3.8, 4) is 0 Å². The van der Waals surface area contributed by atoms with Crippen molar-refractivity contribution in [3.63, 3.8) is 0 Å². The Morgan fingerprint density at radius 2 is 2.00 bits per heavy atom. The van der Waals surface area contributed by atoms with E-state index in [1.54, 1.807) is 0 Å². The summed E-state index contributed by atoms with van der Waals surface area (Å²) in [6, 6.07) is 0. The second-order valence-electron chi connectivity index (χ2n) is 1.66. The summed E-state index contributed by atoms with van der Waals surface area (Å²) in [5, 5.41) is 6.39. The molecule has 0 fully saturated rings. The molecule has 0 radical (unpaired) electrons. The molecule has 0 saturated heterocycles. The van der Waals surface area contributed by atoms with Crippen LogP contribution in [0.3, 0.4) is 0 Å². The van der Waals surface area contributed by atoms with Crippen molar-refractivity contribution in [3.05, 3.63) is 0 Å². The summed E-state index contributed by atoms with van der Waals surface area (Å²) in [6.45, 7) is -1.06. The van der Waals surface area contributed by atoms with E-state index < -0.39 is 12.7 Å². The van der Waals surface area contributed by atoms with Gasteiger partial charge in [0.2, 0.25) is 0 Å². The van der Waals surface area contributed by atoms with Gasteiger partial charge in [0.25, 0.3) is 0 Å². The molecule has 0 unspecified atom stereocenters. The molecule has 0 atom stereocenters. The van der Waals surface area contributed by atoms with Crippen LogP contribution in [0.4, 0.5) is 13.2 Å². The van der Waals surface area contributed by atoms with Crippen molar-refractivity contribution >= 4 is 6.34 Å². The Bertz CT molecular complexity index is 98.5. The van der Waals surface area contributed by atoms with Crippen molar-refractivity contribution in [2.75, 3.05) is 13.6 Å². The molecule has 0 saturated carbocycles. The monoisotopic (exact) mass is 140 g/mol. The largest absolute Gasteiger partial charge is 0.405 e. The lowest BCUT2D eigenvalue weighted by Gasteiger charge is -2.13. The van der Waals surface area contributed by atoms with E-state index in [1.807, 2.05) is 0 Å². The maximum absolute atomic E-state index is 11.3. The zero-order valence-corrected chi connectivity index (χ0v) is 4.87. The maximum atomic E-state index is 11.3. The van der Waals surface area contributed by atoms with Crippen LogP contribution in [-0.4, -0.2) is 31.0 Å². The van der Waals surface area contributed by atoms with Gasteiger partial charge in [-0.05, 0) is 0 Å². The minimum Gasteiger partial charge on any atom is -0.357 e. The van der Waals surface area contributed by atoms with E-state index in [2.05, 4.69) is 0 Å². The highest BCUT2D eigenvalue weighted by Crippen LogP contribution is 2.14. The molecule has 0 rings (SSSR count). The highest BCUT2D eigenvalue weighted by atomic mass is 19.4. The summed E-state index contributed by atoms with van der Waals surface area (Å²) in [4.78, 5) is 0.750. The molecule has 5 heteroatoms. The minimum absolute atomic E-state index is 0.632. The highest BCUT2D eigenvalue weighted by Gasteiger charge is 2.28. The van der Waals surface area contributed by atoms with E-state index in [0.717, 1.165) is 4.90 Å². The second kappa shape index (κ2) is 2.70. The van der Waals surface area contributed by atoms with Gasteiger partial charge in [0.1, 0.15) is 6.54 Å². The molecule has 0 spiro atoms. The van der Waals surface area contributed by atoms with Crippen molar-refractivity contribution in [2.45, 2.75) is 6.18 Å². The van der Waals surface area contributed by atoms with E-state index in [4.69, 9.17) is 5.41 Å². The Hall–Kier alpha value is -0.740. The van der Waals surface area contributed by atoms with Crippen LogP contribution in [0.5, 0.6) is 0 Å². The number of hydrogen-bond acceptors (Lipinski definition) is 1. The summed E-state index contributed by atoms with van der Waals surface area (Å²) in [6.07, 6.45) is -3.57. The Labute approximate surface area is 50.8 Å². The van der Waals surface area contributed by atoms with Gasteiger partial charge >= 0.3 is 6.18 Å². The summed E-state index contributed by atoms with van der Waals surface area (Å²) in [7, 11) is 1.19. The highest BCUT2D eigenvalue weighted by molar-refractivity contribution is 5.49. The number of hydrogen-bond donors (Lipinski definition) is 1. The number of nitrogens with zero attached hydrogens (tertiary/aromatic N) is 1. The molecule has 1 N–H and O–H groups in total. The molecule has 0 bridgehead atoms. The maximum Gasteiger partial charge on any atom is 0.405 e. The average molecular weight is 140 g/mol. The lowest BCUT2D eigenvalue weighted by molar-refractivity contribution is -0.135. The summed E-state index contributed by atoms with van der Waals surface area (Å²) in [5.74, 6) is 0. The Balaban J connectivity index is 3.59. The quantitative estimate of drug-likeness (QED) is 0.451. The van der Waals surface area contributed by atoms with Gasteiger partial charge in [-0.2, -0.15) is 13.2 Å². The number of nitrogens with one attached hydrogen (secondary N) is 1. The molecule has 2 nitrogen and oxygen atoms in total. The van der Waals surface area contributed by atoms with Gasteiger partial charge in [0.05, 0.1) is 6.34 Å². The SMILES string of the molecule is CN(C=N)CC(F)(F)F. The fourth-order valence-electron chi connectivity index (χ4n) is 0.328. The first-order valence-electron chi connectivity index (χ1n) is 2.23. The van der Waals surface area contributed by atoms with Crippen molar-refractivity contribution in [1.82, 2.24) is 4.90 Å². The third-order valence-electron chi connectivity index (χ3n) is 0.649. The molecule has 0 aliphatic rings. The lowest BCUT2D eigenvalue weighted by atomic mass is 10.6. The van der Waals surface area contributed by atoms with E-state index in [-0.39, 0.29) is 0 Å². The molecule has 0 aromatic carbocycles. The van der Waals surface area contributed by atoms with E-state index >= 15 is 0 Å². The summed E-state index contributed by atoms with van der Waals surface area (Å²) < 4.78 is 34.0. The van der Waals surface area contributed by atoms with Gasteiger partial charge in [0.15, 0.2) is 0 Å². The minimum atomic E-state index is -4.20. The lowest BCUT2D eigenvalue weighted by Crippen LogP contribution is -2.29. The third-order valence-corrected chi connectivity index (χ3v) is 0.649. The third kappa shape index (κ3) is 5.13. The smallest absolute Gasteiger partial charge is 0.357 e. The Morgan fingerprint density at radius 1 is 1.56 bits per heavy atom. The Morgan fingerprint density at radius 3 is 2.11 bits per heavy atom. The number of alkyl halides is 3. The Kier molecular flexibility index (Phi) is 2.48. The van der Waals surface area contributed by atoms with Crippen LogP contribution < -0.4 is 0 Å². The molecule has 0 heterocycles. The molecule has 9 heavy (non-hydrogen) atoms. The van der Waals surface area contributed by atoms with Crippen molar-refractivity contribution in [1.29, 1.82) is 5.41 Å². The van der Waals surface area contributed by atoms with Crippen molar-refractivity contribution < 1.29 is 13.2 Å². The van der Waals surface area contributed by atoms with E-state index in [9.17, 15) is 13.2 Å². The standard InChI is InChI=1S/C4H7F3N2/c1-9(3-8)2-4(5,6)7/h3,8H,2H2,1H3. The zero-order valence-electron chi connectivity index (χ0n) is 4.87. The van der Waals surface area contributed by atoms with Gasteiger partial charge in [0, 0.05) is 7.05 Å². The van der Waals surface area contributed by atoms with E-state index in [1.165, 1.54) is 7.05 Å². The van der Waals surface area contributed by atoms with Crippen LogP contribution in [0.1, 0.15) is 0 Å². The van der Waals surface area contributed by atoms with Gasteiger partial charge in [-0.25, -0.2) is 0 Å². The average Bonchev–Trinajstić information content (AvgIpc) is 1.62. The first kappa shape index (κ1) is 8.26. The molecule has 0 amide bonds. The van der Waals surface area contributed by atoms with Gasteiger partial charge in [-0.3, -0.25) is 5.41 Å². The number of halogens is 3. The molecule has 0 aromatic rings. The normalized spacial score (nSPS) is 11.1. The van der Waals surface area contributed by atoms with Gasteiger partial charge < -0.3 is 4.90 Å². The van der Waals surface area contributed by atoms with Crippen LogP contribution >= 0.6 is 0 Å². The number of rotatable bonds is 2. The molecular weight excluding hydrogens is 133 g/mol. The van der Waals surface area contributed by atoms with Gasteiger partial charge in [-0.1, -0.05) is 0 Å². The fourth-order valence-corrected chi connectivity index (χ4v) is 0.328. The zero-order chi connectivity index (χ0) is 7.49. The van der Waals surface area contributed by atoms with Crippen LogP contribution in [0, 0.1) is 5.41 Å². The summed E-state index contributed by atoms with van der Waals surface area (Å²) in [5.41, 5.74) is 0. The molecule has 0 aliphatic carbocycles. The van der Waals surface area contributed by atoms with Crippen LogP contribution in [0.2, 0.25) is 0 Å². The van der Waals surface area contributed by atoms with Crippen molar-refractivity contribution in [2.24, 2.45) is 0 Å².